The summed E-state index contributed by atoms with van der Waals surface area (Å²) in [5.41, 5.74) is 5.08. The van der Waals surface area contributed by atoms with Gasteiger partial charge in [0.2, 0.25) is 0 Å². The Morgan fingerprint density at radius 3 is 1.51 bits per heavy atom. The van der Waals surface area contributed by atoms with Gasteiger partial charge in [0.15, 0.2) is 0 Å². The molecule has 4 aromatic rings. The van der Waals surface area contributed by atoms with Crippen LogP contribution in [0, 0.1) is 17.8 Å². The largest absolute Gasteiger partial charge is 0.462 e. The van der Waals surface area contributed by atoms with Crippen LogP contribution in [0.15, 0.2) is 97.1 Å². The highest BCUT2D eigenvalue weighted by atomic mass is 16.5. The molecule has 0 aromatic heterocycles. The van der Waals surface area contributed by atoms with Crippen molar-refractivity contribution in [3.05, 3.63) is 126 Å². The molecule has 4 aromatic carbocycles. The SMILES string of the molecule is [CH2]C(C)(C)Cc1ccc(-c2ccc(CC(C)(C)COC(=O)c3ccc(Oc4ccc(C([O])=O)cc4)cc3)cc2)cc1. The highest BCUT2D eigenvalue weighted by Crippen LogP contribution is 2.28. The second-order valence-electron chi connectivity index (χ2n) is 12.1. The molecule has 0 aliphatic carbocycles. The van der Waals surface area contributed by atoms with Crippen LogP contribution < -0.4 is 4.74 Å². The van der Waals surface area contributed by atoms with Gasteiger partial charge in [-0.15, -0.1) is 0 Å². The zero-order valence-electron chi connectivity index (χ0n) is 24.1. The minimum Gasteiger partial charge on any atom is -0.462 e. The summed E-state index contributed by atoms with van der Waals surface area (Å²) in [5.74, 6) is -0.646. The van der Waals surface area contributed by atoms with Crippen molar-refractivity contribution in [2.45, 2.75) is 40.5 Å². The zero-order valence-corrected chi connectivity index (χ0v) is 24.1. The van der Waals surface area contributed by atoms with E-state index in [4.69, 9.17) is 9.47 Å². The van der Waals surface area contributed by atoms with Crippen molar-refractivity contribution in [1.29, 1.82) is 0 Å². The summed E-state index contributed by atoms with van der Waals surface area (Å²) in [6.07, 6.45) is 1.71. The van der Waals surface area contributed by atoms with Crippen LogP contribution in [0.3, 0.4) is 0 Å². The molecule has 210 valence electrons. The van der Waals surface area contributed by atoms with Gasteiger partial charge >= 0.3 is 11.9 Å². The van der Waals surface area contributed by atoms with Gasteiger partial charge in [0.1, 0.15) is 11.5 Å². The highest BCUT2D eigenvalue weighted by Gasteiger charge is 2.22. The summed E-state index contributed by atoms with van der Waals surface area (Å²) >= 11 is 0. The molecule has 0 saturated carbocycles. The number of benzene rings is 4. The van der Waals surface area contributed by atoms with Crippen LogP contribution in [0.5, 0.6) is 11.5 Å². The number of esters is 1. The number of carbonyl (C=O) groups is 2. The quantitative estimate of drug-likeness (QED) is 0.176. The lowest BCUT2D eigenvalue weighted by atomic mass is 9.86. The van der Waals surface area contributed by atoms with Crippen LogP contribution in [0.25, 0.3) is 11.1 Å². The van der Waals surface area contributed by atoms with Gasteiger partial charge in [-0.25, -0.2) is 14.7 Å². The molecule has 0 unspecified atom stereocenters. The Bertz CT molecular complexity index is 1460. The van der Waals surface area contributed by atoms with Crippen LogP contribution in [0.1, 0.15) is 59.5 Å². The first-order valence-electron chi connectivity index (χ1n) is 13.7. The van der Waals surface area contributed by atoms with E-state index >= 15 is 0 Å². The predicted octanol–water partition coefficient (Wildman–Crippen LogP) is 8.55. The first-order valence-corrected chi connectivity index (χ1v) is 13.7. The van der Waals surface area contributed by atoms with Crippen LogP contribution in [0.4, 0.5) is 0 Å². The number of hydrogen-bond donors (Lipinski definition) is 0. The average molecular weight is 549 g/mol. The van der Waals surface area contributed by atoms with Crippen molar-refractivity contribution in [1.82, 2.24) is 0 Å². The molecule has 0 aliphatic heterocycles. The molecule has 0 saturated heterocycles. The molecule has 4 rings (SSSR count). The number of rotatable bonds is 11. The van der Waals surface area contributed by atoms with Gasteiger partial charge in [-0.3, -0.25) is 0 Å². The second-order valence-corrected chi connectivity index (χ2v) is 12.1. The molecule has 5 nitrogen and oxygen atoms in total. The molecule has 0 amide bonds. The fraction of sp³-hybridized carbons (Fsp3) is 0.250. The van der Waals surface area contributed by atoms with Crippen LogP contribution in [-0.2, 0) is 22.7 Å². The molecule has 0 atom stereocenters. The van der Waals surface area contributed by atoms with Gasteiger partial charge in [0.05, 0.1) is 17.7 Å². The number of carbonyl (C=O) groups excluding carboxylic acids is 2. The second kappa shape index (κ2) is 12.4. The minimum absolute atomic E-state index is 0.0170. The molecule has 5 heteroatoms. The molecule has 41 heavy (non-hydrogen) atoms. The first-order chi connectivity index (χ1) is 19.4. The van der Waals surface area contributed by atoms with Crippen LogP contribution >= 0.6 is 0 Å². The highest BCUT2D eigenvalue weighted by molar-refractivity contribution is 5.89. The van der Waals surface area contributed by atoms with Crippen LogP contribution in [-0.4, -0.2) is 18.5 Å². The summed E-state index contributed by atoms with van der Waals surface area (Å²) in [5, 5.41) is 10.9. The van der Waals surface area contributed by atoms with Gasteiger partial charge in [0, 0.05) is 5.41 Å². The number of hydrogen-bond acceptors (Lipinski definition) is 4. The molecular formula is C36H36O5. The van der Waals surface area contributed by atoms with E-state index in [1.807, 2.05) is 0 Å². The van der Waals surface area contributed by atoms with Gasteiger partial charge in [-0.2, -0.15) is 0 Å². The van der Waals surface area contributed by atoms with E-state index in [1.54, 1.807) is 36.4 Å². The first kappa shape index (κ1) is 29.6. The molecule has 0 spiro atoms. The van der Waals surface area contributed by atoms with Crippen molar-refractivity contribution in [2.24, 2.45) is 10.8 Å². The van der Waals surface area contributed by atoms with E-state index in [-0.39, 0.29) is 23.0 Å². The Labute approximate surface area is 242 Å². The molecule has 0 aliphatic rings. The fourth-order valence-electron chi connectivity index (χ4n) is 4.58. The van der Waals surface area contributed by atoms with Crippen molar-refractivity contribution < 1.29 is 24.2 Å². The van der Waals surface area contributed by atoms with Gasteiger partial charge in [0.25, 0.3) is 0 Å². The van der Waals surface area contributed by atoms with E-state index in [0.717, 1.165) is 12.8 Å². The third kappa shape index (κ3) is 8.81. The minimum atomic E-state index is -1.24. The smallest absolute Gasteiger partial charge is 0.386 e. The van der Waals surface area contributed by atoms with Crippen molar-refractivity contribution >= 4 is 11.9 Å². The summed E-state index contributed by atoms with van der Waals surface area (Å²) in [7, 11) is 0. The molecule has 2 radical (unpaired) electrons. The molecule has 0 bridgehead atoms. The zero-order chi connectivity index (χ0) is 29.6. The predicted molar refractivity (Wildman–Crippen MR) is 160 cm³/mol. The van der Waals surface area contributed by atoms with E-state index < -0.39 is 11.9 Å². The normalized spacial score (nSPS) is 11.6. The molecule has 0 heterocycles. The van der Waals surface area contributed by atoms with Crippen molar-refractivity contribution in [3.8, 4) is 22.6 Å². The Hall–Kier alpha value is -4.38. The lowest BCUT2D eigenvalue weighted by Gasteiger charge is -2.24. The van der Waals surface area contributed by atoms with Crippen molar-refractivity contribution in [2.75, 3.05) is 6.61 Å². The van der Waals surface area contributed by atoms with Gasteiger partial charge < -0.3 is 9.47 Å². The molecule has 0 fully saturated rings. The Balaban J connectivity index is 1.28. The standard InChI is InChI=1S/C36H36O5/c1-35(2,3)22-25-6-10-27(11-7-25)28-12-8-26(9-13-28)23-36(4,5)24-40-34(39)30-16-20-32(21-17-30)41-31-18-14-29(15-19-31)33(37)38/h6-21H,1,22-24H2,2-5H3. The average Bonchev–Trinajstić information content (AvgIpc) is 2.92. The summed E-state index contributed by atoms with van der Waals surface area (Å²) in [6.45, 7) is 12.9. The third-order valence-electron chi connectivity index (χ3n) is 6.62. The maximum Gasteiger partial charge on any atom is 0.386 e. The monoisotopic (exact) mass is 548 g/mol. The fourth-order valence-corrected chi connectivity index (χ4v) is 4.58. The van der Waals surface area contributed by atoms with E-state index in [9.17, 15) is 14.7 Å². The summed E-state index contributed by atoms with van der Waals surface area (Å²) in [6, 6.07) is 29.8. The Morgan fingerprint density at radius 1 is 0.634 bits per heavy atom. The van der Waals surface area contributed by atoms with Gasteiger partial charge in [-0.05, 0) is 96.0 Å². The van der Waals surface area contributed by atoms with Crippen LogP contribution in [0.2, 0.25) is 0 Å². The van der Waals surface area contributed by atoms with E-state index in [0.29, 0.717) is 17.1 Å². The summed E-state index contributed by atoms with van der Waals surface area (Å²) in [4.78, 5) is 23.6. The number of ether oxygens (including phenoxy) is 2. The van der Waals surface area contributed by atoms with E-state index in [2.05, 4.69) is 83.1 Å². The Morgan fingerprint density at radius 2 is 1.07 bits per heavy atom. The van der Waals surface area contributed by atoms with E-state index in [1.165, 1.54) is 34.4 Å². The van der Waals surface area contributed by atoms with Crippen molar-refractivity contribution in [3.63, 3.8) is 0 Å². The topological polar surface area (TPSA) is 72.5 Å². The maximum atomic E-state index is 12.7. The summed E-state index contributed by atoms with van der Waals surface area (Å²) < 4.78 is 11.4. The lowest BCUT2D eigenvalue weighted by molar-refractivity contribution is 0.0341. The Kier molecular flexibility index (Phi) is 8.97. The van der Waals surface area contributed by atoms with Gasteiger partial charge in [-0.1, -0.05) is 76.2 Å². The lowest BCUT2D eigenvalue weighted by Crippen LogP contribution is -2.24. The third-order valence-corrected chi connectivity index (χ3v) is 6.62. The molecular weight excluding hydrogens is 512 g/mol. The molecule has 0 N–H and O–H groups in total. The maximum absolute atomic E-state index is 12.7.